The molecule has 1 aromatic heterocycles. The van der Waals surface area contributed by atoms with Gasteiger partial charge in [0.05, 0.1) is 0 Å². The van der Waals surface area contributed by atoms with Crippen LogP contribution < -0.4 is 5.73 Å². The average Bonchev–Trinajstić information content (AvgIpc) is 2.53. The first kappa shape index (κ1) is 10.7. The molecule has 3 heteroatoms. The molecular weight excluding hydrogens is 252 g/mol. The number of nitrogens with zero attached hydrogens (tertiary/aromatic N) is 1. The zero-order chi connectivity index (χ0) is 10.8. The highest BCUT2D eigenvalue weighted by Gasteiger charge is 2.04. The van der Waals surface area contributed by atoms with Crippen molar-refractivity contribution in [2.75, 3.05) is 6.54 Å². The fourth-order valence-electron chi connectivity index (χ4n) is 1.89. The molecule has 2 N–H and O–H groups in total. The van der Waals surface area contributed by atoms with Crippen LogP contribution in [0.3, 0.4) is 0 Å². The van der Waals surface area contributed by atoms with Crippen LogP contribution >= 0.6 is 15.9 Å². The molecule has 2 nitrogen and oxygen atoms in total. The Labute approximate surface area is 98.2 Å². The first-order chi connectivity index (χ1) is 7.22. The summed E-state index contributed by atoms with van der Waals surface area (Å²) in [7, 11) is 0. The molecule has 2 aromatic rings. The summed E-state index contributed by atoms with van der Waals surface area (Å²) in [6.45, 7) is 3.89. The first-order valence-corrected chi connectivity index (χ1v) is 5.96. The van der Waals surface area contributed by atoms with Crippen molar-refractivity contribution in [3.8, 4) is 0 Å². The summed E-state index contributed by atoms with van der Waals surface area (Å²) in [5.74, 6) is 0. The number of aryl methyl sites for hydroxylation is 2. The molecule has 0 aliphatic heterocycles. The van der Waals surface area contributed by atoms with Gasteiger partial charge in [-0.1, -0.05) is 15.9 Å². The van der Waals surface area contributed by atoms with Gasteiger partial charge in [-0.25, -0.2) is 0 Å². The van der Waals surface area contributed by atoms with E-state index in [1.54, 1.807) is 0 Å². The second kappa shape index (κ2) is 4.37. The van der Waals surface area contributed by atoms with Crippen molar-refractivity contribution in [1.29, 1.82) is 0 Å². The Hall–Kier alpha value is -0.800. The average molecular weight is 267 g/mol. The second-order valence-electron chi connectivity index (χ2n) is 3.81. The highest BCUT2D eigenvalue weighted by atomic mass is 79.9. The Morgan fingerprint density at radius 1 is 1.40 bits per heavy atom. The lowest BCUT2D eigenvalue weighted by Gasteiger charge is -2.03. The van der Waals surface area contributed by atoms with E-state index < -0.39 is 0 Å². The number of halogens is 1. The maximum absolute atomic E-state index is 5.53. The lowest BCUT2D eigenvalue weighted by molar-refractivity contribution is 0.670. The van der Waals surface area contributed by atoms with Gasteiger partial charge in [0.25, 0.3) is 0 Å². The van der Waals surface area contributed by atoms with E-state index in [1.165, 1.54) is 16.5 Å². The summed E-state index contributed by atoms with van der Waals surface area (Å²) in [6.07, 6.45) is 3.23. The lowest BCUT2D eigenvalue weighted by Crippen LogP contribution is -2.04. The van der Waals surface area contributed by atoms with E-state index in [0.29, 0.717) is 0 Å². The number of aromatic nitrogens is 1. The quantitative estimate of drug-likeness (QED) is 0.910. The zero-order valence-electron chi connectivity index (χ0n) is 8.83. The van der Waals surface area contributed by atoms with Gasteiger partial charge in [0.2, 0.25) is 0 Å². The van der Waals surface area contributed by atoms with Gasteiger partial charge >= 0.3 is 0 Å². The van der Waals surface area contributed by atoms with Crippen molar-refractivity contribution >= 4 is 26.8 Å². The molecule has 0 spiro atoms. The molecule has 0 atom stereocenters. The van der Waals surface area contributed by atoms with E-state index in [1.807, 2.05) is 0 Å². The van der Waals surface area contributed by atoms with Crippen molar-refractivity contribution in [3.63, 3.8) is 0 Å². The van der Waals surface area contributed by atoms with Gasteiger partial charge in [-0.05, 0) is 43.7 Å². The van der Waals surface area contributed by atoms with Crippen LogP contribution in [0.25, 0.3) is 10.9 Å². The van der Waals surface area contributed by atoms with Gasteiger partial charge in [-0.3, -0.25) is 0 Å². The van der Waals surface area contributed by atoms with E-state index in [9.17, 15) is 0 Å². The minimum absolute atomic E-state index is 0.745. The second-order valence-corrected chi connectivity index (χ2v) is 4.72. The fraction of sp³-hybridized carbons (Fsp3) is 0.333. The minimum Gasteiger partial charge on any atom is -0.347 e. The molecular formula is C12H15BrN2. The Kier molecular flexibility index (Phi) is 3.12. The van der Waals surface area contributed by atoms with Crippen molar-refractivity contribution in [2.24, 2.45) is 5.73 Å². The molecule has 0 aliphatic rings. The van der Waals surface area contributed by atoms with Crippen molar-refractivity contribution in [2.45, 2.75) is 19.9 Å². The van der Waals surface area contributed by atoms with Crippen molar-refractivity contribution in [1.82, 2.24) is 4.57 Å². The summed E-state index contributed by atoms with van der Waals surface area (Å²) in [5, 5.41) is 1.32. The Morgan fingerprint density at radius 2 is 2.20 bits per heavy atom. The number of hydrogen-bond donors (Lipinski definition) is 1. The summed E-state index contributed by atoms with van der Waals surface area (Å²) in [5.41, 5.74) is 8.15. The molecule has 0 radical (unpaired) electrons. The van der Waals surface area contributed by atoms with Crippen LogP contribution in [0, 0.1) is 6.92 Å². The maximum atomic E-state index is 5.53. The Balaban J connectivity index is 2.48. The summed E-state index contributed by atoms with van der Waals surface area (Å²) in [6, 6.07) is 6.41. The first-order valence-electron chi connectivity index (χ1n) is 5.17. The van der Waals surface area contributed by atoms with E-state index in [2.05, 4.69) is 51.8 Å². The normalized spacial score (nSPS) is 11.1. The van der Waals surface area contributed by atoms with E-state index in [4.69, 9.17) is 5.73 Å². The van der Waals surface area contributed by atoms with Crippen LogP contribution in [0.5, 0.6) is 0 Å². The number of rotatable bonds is 3. The van der Waals surface area contributed by atoms with Crippen LogP contribution in [0.4, 0.5) is 0 Å². The van der Waals surface area contributed by atoms with E-state index in [-0.39, 0.29) is 0 Å². The van der Waals surface area contributed by atoms with Crippen LogP contribution in [0.2, 0.25) is 0 Å². The summed E-state index contributed by atoms with van der Waals surface area (Å²) >= 11 is 3.50. The van der Waals surface area contributed by atoms with Gasteiger partial charge in [-0.2, -0.15) is 0 Å². The highest BCUT2D eigenvalue weighted by molar-refractivity contribution is 9.10. The number of nitrogens with two attached hydrogens (primary N) is 1. The molecule has 0 bridgehead atoms. The zero-order valence-corrected chi connectivity index (χ0v) is 10.4. The predicted octanol–water partition coefficient (Wildman–Crippen LogP) is 3.06. The SMILES string of the molecule is Cc1cn(CCCN)c2ccc(Br)cc12. The third-order valence-corrected chi connectivity index (χ3v) is 3.14. The topological polar surface area (TPSA) is 30.9 Å². The van der Waals surface area contributed by atoms with Gasteiger partial charge in [-0.15, -0.1) is 0 Å². The smallest absolute Gasteiger partial charge is 0.0483 e. The Bertz CT molecular complexity index is 474. The molecule has 0 fully saturated rings. The van der Waals surface area contributed by atoms with Crippen LogP contribution in [0.1, 0.15) is 12.0 Å². The molecule has 2 rings (SSSR count). The Morgan fingerprint density at radius 3 is 2.93 bits per heavy atom. The molecule has 0 aliphatic carbocycles. The predicted molar refractivity (Wildman–Crippen MR) is 68.0 cm³/mol. The largest absolute Gasteiger partial charge is 0.347 e. The standard InChI is InChI=1S/C12H15BrN2/c1-9-8-15(6-2-5-14)12-4-3-10(13)7-11(9)12/h3-4,7-8H,2,5-6,14H2,1H3. The lowest BCUT2D eigenvalue weighted by atomic mass is 10.2. The summed E-state index contributed by atoms with van der Waals surface area (Å²) in [4.78, 5) is 0. The minimum atomic E-state index is 0.745. The number of benzene rings is 1. The van der Waals surface area contributed by atoms with Crippen molar-refractivity contribution < 1.29 is 0 Å². The molecule has 0 saturated carbocycles. The molecule has 0 unspecified atom stereocenters. The molecule has 1 heterocycles. The maximum Gasteiger partial charge on any atom is 0.0483 e. The van der Waals surface area contributed by atoms with Gasteiger partial charge in [0, 0.05) is 28.1 Å². The molecule has 0 saturated heterocycles. The number of fused-ring (bicyclic) bond motifs is 1. The van der Waals surface area contributed by atoms with Gasteiger partial charge < -0.3 is 10.3 Å². The van der Waals surface area contributed by atoms with Crippen molar-refractivity contribution in [3.05, 3.63) is 34.4 Å². The van der Waals surface area contributed by atoms with E-state index in [0.717, 1.165) is 24.0 Å². The third kappa shape index (κ3) is 2.08. The molecule has 15 heavy (non-hydrogen) atoms. The third-order valence-electron chi connectivity index (χ3n) is 2.65. The molecule has 1 aromatic carbocycles. The molecule has 80 valence electrons. The monoisotopic (exact) mass is 266 g/mol. The van der Waals surface area contributed by atoms with Gasteiger partial charge in [0.1, 0.15) is 0 Å². The molecule has 0 amide bonds. The highest BCUT2D eigenvalue weighted by Crippen LogP contribution is 2.24. The fourth-order valence-corrected chi connectivity index (χ4v) is 2.26. The van der Waals surface area contributed by atoms with Crippen LogP contribution in [-0.4, -0.2) is 11.1 Å². The number of hydrogen-bond acceptors (Lipinski definition) is 1. The van der Waals surface area contributed by atoms with Crippen LogP contribution in [0.15, 0.2) is 28.9 Å². The van der Waals surface area contributed by atoms with Crippen LogP contribution in [-0.2, 0) is 6.54 Å². The summed E-state index contributed by atoms with van der Waals surface area (Å²) < 4.78 is 3.42. The van der Waals surface area contributed by atoms with Gasteiger partial charge in [0.15, 0.2) is 0 Å². The van der Waals surface area contributed by atoms with E-state index >= 15 is 0 Å².